The van der Waals surface area contributed by atoms with Crippen molar-refractivity contribution in [1.82, 2.24) is 10.3 Å². The molecule has 0 aromatic carbocycles. The van der Waals surface area contributed by atoms with Crippen LogP contribution in [0.1, 0.15) is 75.8 Å². The topological polar surface area (TPSA) is 46.5 Å². The van der Waals surface area contributed by atoms with Crippen LogP contribution in [0.15, 0.2) is 41.2 Å². The number of hydrogen-bond donors (Lipinski definition) is 1. The Bertz CT molecular complexity index is 803. The van der Waals surface area contributed by atoms with Gasteiger partial charge in [0.2, 0.25) is 5.95 Å². The van der Waals surface area contributed by atoms with Gasteiger partial charge in [-0.3, -0.25) is 4.99 Å². The number of aromatic nitrogens is 1. The summed E-state index contributed by atoms with van der Waals surface area (Å²) in [5, 5.41) is 3.53. The third-order valence-corrected chi connectivity index (χ3v) is 7.24. The predicted molar refractivity (Wildman–Crippen MR) is 130 cm³/mol. The van der Waals surface area contributed by atoms with Crippen molar-refractivity contribution in [2.75, 3.05) is 19.8 Å². The summed E-state index contributed by atoms with van der Waals surface area (Å²) in [5.74, 6) is 0.278. The largest absolute Gasteiger partial charge is 0.381 e. The number of hydrogen-bond acceptors (Lipinski definition) is 4. The van der Waals surface area contributed by atoms with E-state index < -0.39 is 5.95 Å². The van der Waals surface area contributed by atoms with Crippen LogP contribution in [0.2, 0.25) is 0 Å². The first-order valence-electron chi connectivity index (χ1n) is 12.3. The van der Waals surface area contributed by atoms with Crippen LogP contribution in [0.25, 0.3) is 0 Å². The lowest BCUT2D eigenvalue weighted by Crippen LogP contribution is -2.30. The van der Waals surface area contributed by atoms with E-state index in [9.17, 15) is 4.39 Å². The van der Waals surface area contributed by atoms with Crippen LogP contribution in [0.5, 0.6) is 0 Å². The predicted octanol–water partition coefficient (Wildman–Crippen LogP) is 6.31. The number of rotatable bonds is 9. The monoisotopic (exact) mass is 441 g/mol. The first-order valence-corrected chi connectivity index (χ1v) is 12.3. The summed E-state index contributed by atoms with van der Waals surface area (Å²) in [6.07, 6.45) is 16.3. The van der Waals surface area contributed by atoms with Gasteiger partial charge in [0.15, 0.2) is 0 Å². The van der Waals surface area contributed by atoms with E-state index in [-0.39, 0.29) is 5.41 Å². The van der Waals surface area contributed by atoms with Crippen molar-refractivity contribution in [2.24, 2.45) is 16.3 Å². The highest BCUT2D eigenvalue weighted by atomic mass is 19.1. The van der Waals surface area contributed by atoms with Gasteiger partial charge in [0.25, 0.3) is 0 Å². The molecule has 1 aromatic rings. The molecule has 0 radical (unpaired) electrons. The Balaban J connectivity index is 1.65. The Hall–Kier alpha value is -1.85. The smallest absolute Gasteiger partial charge is 0.215 e. The quantitative estimate of drug-likeness (QED) is 0.278. The third-order valence-electron chi connectivity index (χ3n) is 7.24. The molecule has 1 aliphatic carbocycles. The molecule has 0 spiro atoms. The number of nitrogens with one attached hydrogen (secondary N) is 1. The SMILES string of the molecule is C=C(/N=C\C(=C/C)C1CCC1)[C@@]1(CCNCc2cnc(F)c(C)c2)CCCCCOCC1. The highest BCUT2D eigenvalue weighted by molar-refractivity contribution is 5.80. The highest BCUT2D eigenvalue weighted by Gasteiger charge is 2.33. The molecule has 1 N–H and O–H groups in total. The summed E-state index contributed by atoms with van der Waals surface area (Å²) < 4.78 is 19.3. The van der Waals surface area contributed by atoms with E-state index in [1.807, 2.05) is 6.07 Å². The zero-order valence-corrected chi connectivity index (χ0v) is 20.0. The minimum Gasteiger partial charge on any atom is -0.381 e. The van der Waals surface area contributed by atoms with Crippen molar-refractivity contribution in [1.29, 1.82) is 0 Å². The summed E-state index contributed by atoms with van der Waals surface area (Å²) in [4.78, 5) is 8.77. The third kappa shape index (κ3) is 6.82. The lowest BCUT2D eigenvalue weighted by atomic mass is 9.74. The lowest BCUT2D eigenvalue weighted by Gasteiger charge is -2.34. The minimum absolute atomic E-state index is 0.0523. The van der Waals surface area contributed by atoms with Gasteiger partial charge in [0, 0.05) is 48.8 Å². The summed E-state index contributed by atoms with van der Waals surface area (Å²) in [6.45, 7) is 11.5. The zero-order valence-electron chi connectivity index (χ0n) is 20.0. The van der Waals surface area contributed by atoms with E-state index in [1.165, 1.54) is 37.7 Å². The normalized spacial score (nSPS) is 23.4. The van der Waals surface area contributed by atoms with Gasteiger partial charge in [0.1, 0.15) is 0 Å². The van der Waals surface area contributed by atoms with Crippen LogP contribution < -0.4 is 5.32 Å². The van der Waals surface area contributed by atoms with Crippen molar-refractivity contribution in [2.45, 2.75) is 78.2 Å². The molecular formula is C27H40FN3O. The Morgan fingerprint density at radius 2 is 2.12 bits per heavy atom. The molecule has 32 heavy (non-hydrogen) atoms. The molecule has 0 amide bonds. The Kier molecular flexibility index (Phi) is 9.61. The van der Waals surface area contributed by atoms with Crippen molar-refractivity contribution in [3.8, 4) is 0 Å². The number of aryl methyl sites for hydroxylation is 1. The molecule has 1 aliphatic heterocycles. The summed E-state index contributed by atoms with van der Waals surface area (Å²) in [6, 6.07) is 1.86. The van der Waals surface area contributed by atoms with Crippen LogP contribution in [-0.4, -0.2) is 31.0 Å². The molecule has 2 fully saturated rings. The van der Waals surface area contributed by atoms with Crippen LogP contribution in [0.3, 0.4) is 0 Å². The van der Waals surface area contributed by atoms with Crippen LogP contribution in [0.4, 0.5) is 4.39 Å². The van der Waals surface area contributed by atoms with Gasteiger partial charge in [0.05, 0.1) is 0 Å². The van der Waals surface area contributed by atoms with E-state index in [2.05, 4.69) is 36.1 Å². The molecule has 176 valence electrons. The second kappa shape index (κ2) is 12.4. The van der Waals surface area contributed by atoms with Gasteiger partial charge >= 0.3 is 0 Å². The first kappa shape index (κ1) is 24.8. The molecule has 2 heterocycles. The number of allylic oxidation sites excluding steroid dienone is 3. The van der Waals surface area contributed by atoms with Gasteiger partial charge in [-0.2, -0.15) is 4.39 Å². The van der Waals surface area contributed by atoms with Gasteiger partial charge in [-0.15, -0.1) is 0 Å². The summed E-state index contributed by atoms with van der Waals surface area (Å²) >= 11 is 0. The second-order valence-corrected chi connectivity index (χ2v) is 9.45. The van der Waals surface area contributed by atoms with E-state index in [1.54, 1.807) is 13.1 Å². The van der Waals surface area contributed by atoms with E-state index >= 15 is 0 Å². The van der Waals surface area contributed by atoms with Crippen molar-refractivity contribution in [3.63, 3.8) is 0 Å². The van der Waals surface area contributed by atoms with Crippen molar-refractivity contribution >= 4 is 6.21 Å². The molecule has 1 atom stereocenters. The molecule has 4 nitrogen and oxygen atoms in total. The number of ether oxygens (including phenoxy) is 1. The Morgan fingerprint density at radius 3 is 2.84 bits per heavy atom. The standard InChI is InChI=1S/C27H40FN3O/c1-4-24(25-9-8-10-25)20-30-22(3)27(11-6-5-7-15-32-16-13-27)12-14-29-18-23-17-21(2)26(28)31-19-23/h4,17,19-20,25,29H,3,5-16,18H2,1-2H3/b24-4+,30-20-/t27-/m1/s1. The van der Waals surface area contributed by atoms with E-state index in [0.29, 0.717) is 18.0 Å². The lowest BCUT2D eigenvalue weighted by molar-refractivity contribution is 0.105. The van der Waals surface area contributed by atoms with Crippen LogP contribution in [0, 0.1) is 24.2 Å². The fourth-order valence-electron chi connectivity index (χ4n) is 4.74. The zero-order chi connectivity index (χ0) is 22.8. The fraction of sp³-hybridized carbons (Fsp3) is 0.630. The van der Waals surface area contributed by atoms with Crippen molar-refractivity contribution < 1.29 is 9.13 Å². The summed E-state index contributed by atoms with van der Waals surface area (Å²) in [5.41, 5.74) is 3.88. The number of aliphatic imine (C=N–C) groups is 1. The first-order chi connectivity index (χ1) is 15.5. The number of halogens is 1. The minimum atomic E-state index is -0.394. The van der Waals surface area contributed by atoms with E-state index in [0.717, 1.165) is 56.7 Å². The molecule has 3 rings (SSSR count). The van der Waals surface area contributed by atoms with Gasteiger partial charge in [-0.05, 0) is 82.0 Å². The van der Waals surface area contributed by atoms with Crippen molar-refractivity contribution in [3.05, 3.63) is 53.3 Å². The van der Waals surface area contributed by atoms with E-state index in [4.69, 9.17) is 9.73 Å². The van der Waals surface area contributed by atoms with Gasteiger partial charge in [-0.1, -0.05) is 31.9 Å². The molecular weight excluding hydrogens is 401 g/mol. The molecule has 5 heteroatoms. The molecule has 0 unspecified atom stereocenters. The van der Waals surface area contributed by atoms with Gasteiger partial charge in [-0.25, -0.2) is 4.98 Å². The molecule has 1 saturated heterocycles. The molecule has 0 bridgehead atoms. The Labute approximate surface area is 193 Å². The fourth-order valence-corrected chi connectivity index (χ4v) is 4.74. The summed E-state index contributed by atoms with van der Waals surface area (Å²) in [7, 11) is 0. The average molecular weight is 442 g/mol. The van der Waals surface area contributed by atoms with Gasteiger partial charge < -0.3 is 10.1 Å². The molecule has 2 aliphatic rings. The maximum atomic E-state index is 13.4. The van der Waals surface area contributed by atoms with Crippen LogP contribution in [-0.2, 0) is 11.3 Å². The molecule has 1 saturated carbocycles. The Morgan fingerprint density at radius 1 is 1.28 bits per heavy atom. The second-order valence-electron chi connectivity index (χ2n) is 9.45. The number of pyridine rings is 1. The molecule has 1 aromatic heterocycles. The maximum Gasteiger partial charge on any atom is 0.215 e. The highest BCUT2D eigenvalue weighted by Crippen LogP contribution is 2.41. The number of nitrogens with zero attached hydrogens (tertiary/aromatic N) is 2. The van der Waals surface area contributed by atoms with Crippen LogP contribution >= 0.6 is 0 Å². The average Bonchev–Trinajstić information content (AvgIpc) is 2.87. The maximum absolute atomic E-state index is 13.4.